The number of hydrogen-bond donors (Lipinski definition) is 1. The van der Waals surface area contributed by atoms with Crippen LogP contribution in [0.1, 0.15) is 58.8 Å². The number of carbonyl (C=O) groups is 1. The van der Waals surface area contributed by atoms with E-state index < -0.39 is 0 Å². The molecular weight excluding hydrogens is 210 g/mol. The number of nitrogens with one attached hydrogen (secondary N) is 1. The predicted octanol–water partition coefficient (Wildman–Crippen LogP) is 3.12. The minimum atomic E-state index is 0.359. The van der Waals surface area contributed by atoms with Crippen LogP contribution in [0.5, 0.6) is 0 Å². The second kappa shape index (κ2) is 4.00. The summed E-state index contributed by atoms with van der Waals surface area (Å²) in [5.41, 5.74) is 0.437. The van der Waals surface area contributed by atoms with Crippen LogP contribution in [0.25, 0.3) is 0 Å². The van der Waals surface area contributed by atoms with Crippen molar-refractivity contribution in [1.82, 2.24) is 5.32 Å². The summed E-state index contributed by atoms with van der Waals surface area (Å²) in [6.45, 7) is 4.63. The van der Waals surface area contributed by atoms with Gasteiger partial charge in [0.25, 0.3) is 0 Å². The molecule has 0 aromatic heterocycles. The first-order valence-electron chi connectivity index (χ1n) is 7.34. The number of hydrogen-bond acceptors (Lipinski definition) is 1. The summed E-state index contributed by atoms with van der Waals surface area (Å²) in [4.78, 5) is 12.3. The van der Waals surface area contributed by atoms with Gasteiger partial charge in [0.1, 0.15) is 0 Å². The lowest BCUT2D eigenvalue weighted by Gasteiger charge is -2.24. The van der Waals surface area contributed by atoms with Crippen LogP contribution in [0.2, 0.25) is 0 Å². The van der Waals surface area contributed by atoms with Gasteiger partial charge in [-0.25, -0.2) is 0 Å². The Morgan fingerprint density at radius 3 is 2.53 bits per heavy atom. The molecule has 3 fully saturated rings. The lowest BCUT2D eigenvalue weighted by atomic mass is 9.87. The Labute approximate surface area is 105 Å². The highest BCUT2D eigenvalue weighted by atomic mass is 16.2. The van der Waals surface area contributed by atoms with Crippen LogP contribution in [-0.2, 0) is 4.79 Å². The van der Waals surface area contributed by atoms with Gasteiger partial charge in [0.2, 0.25) is 5.91 Å². The molecule has 3 aliphatic rings. The van der Waals surface area contributed by atoms with Crippen molar-refractivity contribution in [3.63, 3.8) is 0 Å². The van der Waals surface area contributed by atoms with Gasteiger partial charge in [-0.15, -0.1) is 0 Å². The van der Waals surface area contributed by atoms with Gasteiger partial charge in [-0.05, 0) is 55.8 Å². The quantitative estimate of drug-likeness (QED) is 0.783. The lowest BCUT2D eigenvalue weighted by Crippen LogP contribution is -2.39. The molecule has 0 saturated heterocycles. The molecule has 4 atom stereocenters. The third kappa shape index (κ3) is 2.23. The Hall–Kier alpha value is -0.530. The summed E-state index contributed by atoms with van der Waals surface area (Å²) in [5.74, 6) is 2.32. The summed E-state index contributed by atoms with van der Waals surface area (Å²) in [6.07, 6.45) is 8.79. The van der Waals surface area contributed by atoms with Crippen molar-refractivity contribution < 1.29 is 4.79 Å². The summed E-state index contributed by atoms with van der Waals surface area (Å²) in [7, 11) is 0. The fraction of sp³-hybridized carbons (Fsp3) is 0.933. The Morgan fingerprint density at radius 2 is 2.00 bits per heavy atom. The van der Waals surface area contributed by atoms with Gasteiger partial charge in [0, 0.05) is 12.0 Å². The van der Waals surface area contributed by atoms with Crippen LogP contribution in [-0.4, -0.2) is 11.9 Å². The third-order valence-corrected chi connectivity index (χ3v) is 5.39. The molecule has 0 radical (unpaired) electrons. The second-order valence-corrected chi connectivity index (χ2v) is 7.39. The zero-order valence-corrected chi connectivity index (χ0v) is 11.2. The summed E-state index contributed by atoms with van der Waals surface area (Å²) < 4.78 is 0. The van der Waals surface area contributed by atoms with E-state index in [4.69, 9.17) is 0 Å². The van der Waals surface area contributed by atoms with Crippen molar-refractivity contribution in [2.45, 2.75) is 64.8 Å². The van der Waals surface area contributed by atoms with Crippen molar-refractivity contribution in [2.75, 3.05) is 0 Å². The van der Waals surface area contributed by atoms with E-state index in [-0.39, 0.29) is 0 Å². The fourth-order valence-electron chi connectivity index (χ4n) is 4.43. The van der Waals surface area contributed by atoms with Crippen molar-refractivity contribution >= 4 is 5.91 Å². The zero-order valence-electron chi connectivity index (χ0n) is 11.2. The first-order valence-corrected chi connectivity index (χ1v) is 7.34. The Morgan fingerprint density at radius 1 is 1.18 bits per heavy atom. The van der Waals surface area contributed by atoms with E-state index in [9.17, 15) is 4.79 Å². The van der Waals surface area contributed by atoms with E-state index in [2.05, 4.69) is 19.2 Å². The number of amides is 1. The van der Waals surface area contributed by atoms with Gasteiger partial charge < -0.3 is 5.32 Å². The number of fused-ring (bicyclic) bond motifs is 2. The standard InChI is InChI=1S/C15H25NO/c1-15(2)6-5-12(9-15)16-14(17)13-8-10-3-4-11(13)7-10/h10-13H,3-9H2,1-2H3,(H,16,17). The molecular formula is C15H25NO. The van der Waals surface area contributed by atoms with Gasteiger partial charge in [-0.1, -0.05) is 20.3 Å². The highest BCUT2D eigenvalue weighted by Crippen LogP contribution is 2.48. The molecule has 0 aliphatic heterocycles. The smallest absolute Gasteiger partial charge is 0.223 e. The van der Waals surface area contributed by atoms with E-state index >= 15 is 0 Å². The second-order valence-electron chi connectivity index (χ2n) is 7.39. The summed E-state index contributed by atoms with van der Waals surface area (Å²) >= 11 is 0. The van der Waals surface area contributed by atoms with Gasteiger partial charge in [0.15, 0.2) is 0 Å². The number of rotatable bonds is 2. The Kier molecular flexibility index (Phi) is 2.72. The van der Waals surface area contributed by atoms with E-state index in [0.717, 1.165) is 11.8 Å². The first-order chi connectivity index (χ1) is 8.03. The van der Waals surface area contributed by atoms with Crippen molar-refractivity contribution in [1.29, 1.82) is 0 Å². The van der Waals surface area contributed by atoms with Crippen LogP contribution < -0.4 is 5.32 Å². The molecule has 2 bridgehead atoms. The fourth-order valence-corrected chi connectivity index (χ4v) is 4.43. The van der Waals surface area contributed by atoms with Crippen LogP contribution >= 0.6 is 0 Å². The maximum Gasteiger partial charge on any atom is 0.223 e. The third-order valence-electron chi connectivity index (χ3n) is 5.39. The zero-order chi connectivity index (χ0) is 12.0. The molecule has 0 aromatic rings. The topological polar surface area (TPSA) is 29.1 Å². The Balaban J connectivity index is 1.54. The maximum atomic E-state index is 12.3. The van der Waals surface area contributed by atoms with Crippen molar-refractivity contribution in [3.05, 3.63) is 0 Å². The largest absolute Gasteiger partial charge is 0.353 e. The molecule has 3 saturated carbocycles. The van der Waals surface area contributed by atoms with Gasteiger partial charge >= 0.3 is 0 Å². The average Bonchev–Trinajstić information content (AvgIpc) is 2.93. The van der Waals surface area contributed by atoms with Crippen LogP contribution in [0.15, 0.2) is 0 Å². The maximum absolute atomic E-state index is 12.3. The highest BCUT2D eigenvalue weighted by molar-refractivity contribution is 5.79. The molecule has 0 spiro atoms. The molecule has 0 heterocycles. The molecule has 1 amide bonds. The molecule has 17 heavy (non-hydrogen) atoms. The van der Waals surface area contributed by atoms with Crippen LogP contribution in [0.4, 0.5) is 0 Å². The minimum Gasteiger partial charge on any atom is -0.353 e. The number of carbonyl (C=O) groups excluding carboxylic acids is 1. The minimum absolute atomic E-state index is 0.359. The SMILES string of the molecule is CC1(C)CCC(NC(=O)C2CC3CCC2C3)C1. The first kappa shape index (κ1) is 11.6. The predicted molar refractivity (Wildman–Crippen MR) is 68.5 cm³/mol. The van der Waals surface area contributed by atoms with E-state index in [1.807, 2.05) is 0 Å². The van der Waals surface area contributed by atoms with Crippen LogP contribution in [0, 0.1) is 23.2 Å². The molecule has 3 aliphatic carbocycles. The van der Waals surface area contributed by atoms with E-state index in [0.29, 0.717) is 23.3 Å². The average molecular weight is 235 g/mol. The monoisotopic (exact) mass is 235 g/mol. The molecule has 0 aromatic carbocycles. The van der Waals surface area contributed by atoms with Crippen LogP contribution in [0.3, 0.4) is 0 Å². The van der Waals surface area contributed by atoms with Gasteiger partial charge in [0.05, 0.1) is 0 Å². The molecule has 3 rings (SSSR count). The molecule has 1 N–H and O–H groups in total. The molecule has 96 valence electrons. The molecule has 2 nitrogen and oxygen atoms in total. The van der Waals surface area contributed by atoms with Gasteiger partial charge in [-0.2, -0.15) is 0 Å². The summed E-state index contributed by atoms with van der Waals surface area (Å²) in [6, 6.07) is 0.455. The highest BCUT2D eigenvalue weighted by Gasteiger charge is 2.44. The van der Waals surface area contributed by atoms with Crippen molar-refractivity contribution in [3.8, 4) is 0 Å². The molecule has 4 unspecified atom stereocenters. The van der Waals surface area contributed by atoms with Gasteiger partial charge in [-0.3, -0.25) is 4.79 Å². The van der Waals surface area contributed by atoms with E-state index in [1.165, 1.54) is 44.9 Å². The van der Waals surface area contributed by atoms with Crippen molar-refractivity contribution in [2.24, 2.45) is 23.2 Å². The normalized spacial score (nSPS) is 42.9. The van der Waals surface area contributed by atoms with E-state index in [1.54, 1.807) is 0 Å². The lowest BCUT2D eigenvalue weighted by molar-refractivity contribution is -0.127. The Bertz CT molecular complexity index is 323. The molecule has 2 heteroatoms. The summed E-state index contributed by atoms with van der Waals surface area (Å²) in [5, 5.41) is 3.32.